The number of nitrogens with two attached hydrogens (primary N) is 1. The van der Waals surface area contributed by atoms with Crippen LogP contribution in [0.25, 0.3) is 0 Å². The van der Waals surface area contributed by atoms with Crippen molar-refractivity contribution in [1.29, 1.82) is 0 Å². The summed E-state index contributed by atoms with van der Waals surface area (Å²) < 4.78 is 4.81. The topological polar surface area (TPSA) is 55.6 Å². The average Bonchev–Trinajstić information content (AvgIpc) is 2.25. The Balaban J connectivity index is 2.78. The van der Waals surface area contributed by atoms with E-state index in [1.165, 1.54) is 13.5 Å². The molecule has 4 nitrogen and oxygen atoms in total. The maximum atomic E-state index is 11.7. The first-order valence-electron chi connectivity index (χ1n) is 6.04. The molecule has 0 aliphatic carbocycles. The second-order valence-corrected chi connectivity index (χ2v) is 5.03. The number of nitrogens with zero attached hydrogens (tertiary/aromatic N) is 1. The van der Waals surface area contributed by atoms with Crippen molar-refractivity contribution in [2.45, 2.75) is 39.3 Å². The minimum atomic E-state index is -0.287. The smallest absolute Gasteiger partial charge is 0.324 e. The summed E-state index contributed by atoms with van der Waals surface area (Å²) in [4.78, 5) is 13.9. The van der Waals surface area contributed by atoms with Crippen LogP contribution in [0.4, 0.5) is 0 Å². The number of carbonyl (C=O) groups is 1. The SMILES string of the molecule is COC(=O)C(CN)N1CC(C)CC(C)C1C. The molecule has 2 N–H and O–H groups in total. The van der Waals surface area contributed by atoms with Crippen LogP contribution in [0.15, 0.2) is 0 Å². The largest absolute Gasteiger partial charge is 0.468 e. The van der Waals surface area contributed by atoms with E-state index in [9.17, 15) is 4.79 Å². The maximum Gasteiger partial charge on any atom is 0.324 e. The van der Waals surface area contributed by atoms with Crippen molar-refractivity contribution in [3.63, 3.8) is 0 Å². The number of likely N-dealkylation sites (tertiary alicyclic amines) is 1. The lowest BCUT2D eigenvalue weighted by atomic mass is 9.85. The first-order valence-corrected chi connectivity index (χ1v) is 6.04. The van der Waals surface area contributed by atoms with E-state index in [0.29, 0.717) is 24.4 Å². The molecular formula is C12H24N2O2. The molecular weight excluding hydrogens is 204 g/mol. The molecule has 94 valence electrons. The minimum Gasteiger partial charge on any atom is -0.468 e. The first-order chi connectivity index (χ1) is 7.51. The van der Waals surface area contributed by atoms with Gasteiger partial charge in [-0.1, -0.05) is 13.8 Å². The molecule has 4 unspecified atom stereocenters. The van der Waals surface area contributed by atoms with Gasteiger partial charge in [-0.3, -0.25) is 9.69 Å². The molecule has 0 aromatic heterocycles. The van der Waals surface area contributed by atoms with E-state index in [4.69, 9.17) is 10.5 Å². The summed E-state index contributed by atoms with van der Waals surface area (Å²) in [6, 6.07) is 0.106. The maximum absolute atomic E-state index is 11.7. The summed E-state index contributed by atoms with van der Waals surface area (Å²) in [6.45, 7) is 7.89. The summed E-state index contributed by atoms with van der Waals surface area (Å²) in [7, 11) is 1.42. The monoisotopic (exact) mass is 228 g/mol. The van der Waals surface area contributed by atoms with Crippen LogP contribution in [0.1, 0.15) is 27.2 Å². The lowest BCUT2D eigenvalue weighted by molar-refractivity contribution is -0.149. The predicted octanol–water partition coefficient (Wildman–Crippen LogP) is 0.853. The molecule has 16 heavy (non-hydrogen) atoms. The highest BCUT2D eigenvalue weighted by molar-refractivity contribution is 5.76. The van der Waals surface area contributed by atoms with Crippen molar-refractivity contribution in [3.8, 4) is 0 Å². The summed E-state index contributed by atoms with van der Waals surface area (Å²) in [5.41, 5.74) is 5.69. The number of esters is 1. The fraction of sp³-hybridized carbons (Fsp3) is 0.917. The van der Waals surface area contributed by atoms with Crippen molar-refractivity contribution in [2.24, 2.45) is 17.6 Å². The number of ether oxygens (including phenoxy) is 1. The molecule has 4 atom stereocenters. The van der Waals surface area contributed by atoms with Crippen LogP contribution in [0.5, 0.6) is 0 Å². The molecule has 1 saturated heterocycles. The Bertz CT molecular complexity index is 245. The van der Waals surface area contributed by atoms with Crippen LogP contribution in [-0.2, 0) is 9.53 Å². The van der Waals surface area contributed by atoms with Gasteiger partial charge in [0.1, 0.15) is 6.04 Å². The Morgan fingerprint density at radius 2 is 2.12 bits per heavy atom. The van der Waals surface area contributed by atoms with E-state index >= 15 is 0 Å². The third kappa shape index (κ3) is 2.74. The van der Waals surface area contributed by atoms with E-state index in [1.54, 1.807) is 0 Å². The molecule has 1 aliphatic rings. The molecule has 0 aromatic rings. The van der Waals surface area contributed by atoms with Crippen LogP contribution < -0.4 is 5.73 Å². The van der Waals surface area contributed by atoms with Crippen LogP contribution in [0.2, 0.25) is 0 Å². The Kier molecular flexibility index (Phi) is 4.74. The molecule has 0 amide bonds. The molecule has 0 radical (unpaired) electrons. The second-order valence-electron chi connectivity index (χ2n) is 5.03. The van der Waals surface area contributed by atoms with Gasteiger partial charge in [-0.2, -0.15) is 0 Å². The van der Waals surface area contributed by atoms with Crippen molar-refractivity contribution in [1.82, 2.24) is 4.90 Å². The summed E-state index contributed by atoms with van der Waals surface area (Å²) >= 11 is 0. The van der Waals surface area contributed by atoms with Gasteiger partial charge in [-0.05, 0) is 25.2 Å². The molecule has 1 fully saturated rings. The fourth-order valence-corrected chi connectivity index (χ4v) is 2.67. The highest BCUT2D eigenvalue weighted by Gasteiger charge is 2.36. The molecule has 1 heterocycles. The number of rotatable bonds is 3. The zero-order valence-electron chi connectivity index (χ0n) is 10.8. The van der Waals surface area contributed by atoms with Crippen LogP contribution in [0, 0.1) is 11.8 Å². The van der Waals surface area contributed by atoms with Gasteiger partial charge in [0.15, 0.2) is 0 Å². The van der Waals surface area contributed by atoms with Crippen molar-refractivity contribution in [3.05, 3.63) is 0 Å². The van der Waals surface area contributed by atoms with Gasteiger partial charge in [0, 0.05) is 19.1 Å². The third-order valence-electron chi connectivity index (χ3n) is 3.74. The van der Waals surface area contributed by atoms with E-state index in [0.717, 1.165) is 6.54 Å². The van der Waals surface area contributed by atoms with Crippen LogP contribution >= 0.6 is 0 Å². The fourth-order valence-electron chi connectivity index (χ4n) is 2.67. The molecule has 1 rings (SSSR count). The van der Waals surface area contributed by atoms with Gasteiger partial charge in [0.2, 0.25) is 0 Å². The van der Waals surface area contributed by atoms with Crippen molar-refractivity contribution < 1.29 is 9.53 Å². The molecule has 0 aromatic carbocycles. The van der Waals surface area contributed by atoms with E-state index in [-0.39, 0.29) is 12.0 Å². The molecule has 0 bridgehead atoms. The van der Waals surface area contributed by atoms with E-state index in [1.807, 2.05) is 0 Å². The molecule has 4 heteroatoms. The lowest BCUT2D eigenvalue weighted by Gasteiger charge is -2.43. The van der Waals surface area contributed by atoms with Gasteiger partial charge >= 0.3 is 5.97 Å². The third-order valence-corrected chi connectivity index (χ3v) is 3.74. The van der Waals surface area contributed by atoms with Crippen molar-refractivity contribution in [2.75, 3.05) is 20.2 Å². The summed E-state index contributed by atoms with van der Waals surface area (Å²) in [6.07, 6.45) is 1.22. The van der Waals surface area contributed by atoms with Gasteiger partial charge in [0.05, 0.1) is 7.11 Å². The first kappa shape index (κ1) is 13.5. The lowest BCUT2D eigenvalue weighted by Crippen LogP contribution is -2.56. The molecule has 0 saturated carbocycles. The quantitative estimate of drug-likeness (QED) is 0.728. The van der Waals surface area contributed by atoms with Gasteiger partial charge < -0.3 is 10.5 Å². The highest BCUT2D eigenvalue weighted by atomic mass is 16.5. The number of hydrogen-bond acceptors (Lipinski definition) is 4. The van der Waals surface area contributed by atoms with Gasteiger partial charge in [0.25, 0.3) is 0 Å². The molecule has 0 spiro atoms. The summed E-state index contributed by atoms with van der Waals surface area (Å²) in [5, 5.41) is 0. The van der Waals surface area contributed by atoms with Crippen LogP contribution in [-0.4, -0.2) is 43.2 Å². The van der Waals surface area contributed by atoms with Crippen LogP contribution in [0.3, 0.4) is 0 Å². The van der Waals surface area contributed by atoms with Gasteiger partial charge in [-0.15, -0.1) is 0 Å². The number of methoxy groups -OCH3 is 1. The standard InChI is InChI=1S/C12H24N2O2/c1-8-5-9(2)10(3)14(7-8)11(6-13)12(15)16-4/h8-11H,5-7,13H2,1-4H3. The Labute approximate surface area is 98.1 Å². The Morgan fingerprint density at radius 3 is 2.62 bits per heavy atom. The van der Waals surface area contributed by atoms with E-state index in [2.05, 4.69) is 25.7 Å². The molecule has 1 aliphatic heterocycles. The second kappa shape index (κ2) is 5.64. The predicted molar refractivity (Wildman–Crippen MR) is 64.0 cm³/mol. The van der Waals surface area contributed by atoms with Crippen molar-refractivity contribution >= 4 is 5.97 Å². The number of piperidine rings is 1. The Hall–Kier alpha value is -0.610. The summed E-state index contributed by atoms with van der Waals surface area (Å²) in [5.74, 6) is 1.00. The zero-order chi connectivity index (χ0) is 12.3. The normalized spacial score (nSPS) is 33.4. The van der Waals surface area contributed by atoms with E-state index < -0.39 is 0 Å². The minimum absolute atomic E-state index is 0.212. The number of hydrogen-bond donors (Lipinski definition) is 1. The van der Waals surface area contributed by atoms with Gasteiger partial charge in [-0.25, -0.2) is 0 Å². The number of carbonyl (C=O) groups excluding carboxylic acids is 1. The zero-order valence-corrected chi connectivity index (χ0v) is 10.8. The Morgan fingerprint density at radius 1 is 1.50 bits per heavy atom. The average molecular weight is 228 g/mol. The highest BCUT2D eigenvalue weighted by Crippen LogP contribution is 2.28.